The molecule has 0 spiro atoms. The van der Waals surface area contributed by atoms with Crippen LogP contribution in [0.3, 0.4) is 0 Å². The minimum atomic E-state index is -4.71. The van der Waals surface area contributed by atoms with E-state index >= 15 is 0 Å². The molecule has 15 nitrogen and oxygen atoms in total. The van der Waals surface area contributed by atoms with Crippen molar-refractivity contribution in [2.75, 3.05) is 48.8 Å². The topological polar surface area (TPSA) is 178 Å². The maximum absolute atomic E-state index is 12.4. The summed E-state index contributed by atoms with van der Waals surface area (Å²) in [5, 5.41) is 14.3. The highest BCUT2D eigenvalue weighted by Gasteiger charge is 2.31. The van der Waals surface area contributed by atoms with Gasteiger partial charge >= 0.3 is 18.2 Å². The SMILES string of the molecule is CS(=O)(=O)O.Cc1nc(N2CCN(c3ccc(OC(F)(F)F)cc3)CC2)ncc1CN[C@@H]1COc2nc([N+](=O)[O-])cn2C1. The van der Waals surface area contributed by atoms with E-state index in [4.69, 9.17) is 9.29 Å². The van der Waals surface area contributed by atoms with E-state index in [9.17, 15) is 31.7 Å². The first-order chi connectivity index (χ1) is 20.1. The predicted octanol–water partition coefficient (Wildman–Crippen LogP) is 2.17. The molecule has 19 heteroatoms. The number of nitrogens with one attached hydrogen (secondary N) is 1. The van der Waals surface area contributed by atoms with Crippen molar-refractivity contribution in [3.05, 3.63) is 58.0 Å². The molecule has 1 aromatic carbocycles. The Morgan fingerprint density at radius 3 is 2.37 bits per heavy atom. The van der Waals surface area contributed by atoms with Crippen molar-refractivity contribution in [2.24, 2.45) is 0 Å². The number of rotatable bonds is 7. The van der Waals surface area contributed by atoms with Crippen LogP contribution in [-0.2, 0) is 23.2 Å². The highest BCUT2D eigenvalue weighted by Crippen LogP contribution is 2.26. The van der Waals surface area contributed by atoms with Crippen molar-refractivity contribution in [1.29, 1.82) is 0 Å². The first kappa shape index (κ1) is 31.7. The molecule has 0 unspecified atom stereocenters. The van der Waals surface area contributed by atoms with E-state index in [1.54, 1.807) is 22.9 Å². The normalized spacial score (nSPS) is 16.9. The largest absolute Gasteiger partial charge is 0.573 e. The number of aromatic nitrogens is 4. The highest BCUT2D eigenvalue weighted by atomic mass is 32.2. The number of imidazole rings is 1. The number of fused-ring (bicyclic) bond motifs is 1. The number of piperazine rings is 1. The molecule has 2 aromatic heterocycles. The number of ether oxygens (including phenoxy) is 2. The Hall–Kier alpha value is -4.23. The quantitative estimate of drug-likeness (QED) is 0.221. The molecule has 2 N–H and O–H groups in total. The molecule has 1 saturated heterocycles. The van der Waals surface area contributed by atoms with Gasteiger partial charge in [0, 0.05) is 67.4 Å². The Kier molecular flexibility index (Phi) is 9.55. The van der Waals surface area contributed by atoms with Crippen molar-refractivity contribution < 1.29 is 40.5 Å². The van der Waals surface area contributed by atoms with E-state index in [2.05, 4.69) is 34.8 Å². The number of alkyl halides is 3. The summed E-state index contributed by atoms with van der Waals surface area (Å²) < 4.78 is 74.1. The molecular formula is C24H29F3N8O7S. The van der Waals surface area contributed by atoms with Crippen LogP contribution in [-0.4, -0.2) is 88.9 Å². The van der Waals surface area contributed by atoms with Crippen molar-refractivity contribution in [3.8, 4) is 11.8 Å². The lowest BCUT2D eigenvalue weighted by Gasteiger charge is -2.36. The second kappa shape index (κ2) is 13.0. The maximum atomic E-state index is 12.4. The van der Waals surface area contributed by atoms with E-state index in [1.807, 2.05) is 6.92 Å². The molecule has 4 heterocycles. The summed E-state index contributed by atoms with van der Waals surface area (Å²) in [6, 6.07) is 6.04. The Morgan fingerprint density at radius 2 is 1.79 bits per heavy atom. The van der Waals surface area contributed by atoms with Gasteiger partial charge in [-0.1, -0.05) is 0 Å². The Morgan fingerprint density at radius 1 is 1.16 bits per heavy atom. The Bertz CT molecular complexity index is 1520. The maximum Gasteiger partial charge on any atom is 0.573 e. The van der Waals surface area contributed by atoms with Crippen molar-refractivity contribution in [1.82, 2.24) is 24.8 Å². The fraction of sp³-hybridized carbons (Fsp3) is 0.458. The van der Waals surface area contributed by atoms with Crippen LogP contribution in [0.15, 0.2) is 36.7 Å². The first-order valence-electron chi connectivity index (χ1n) is 12.8. The van der Waals surface area contributed by atoms with Gasteiger partial charge in [-0.05, 0) is 36.1 Å². The van der Waals surface area contributed by atoms with Gasteiger partial charge in [-0.2, -0.15) is 8.42 Å². The molecule has 234 valence electrons. The third-order valence-electron chi connectivity index (χ3n) is 6.39. The molecule has 1 atom stereocenters. The molecule has 1 fully saturated rings. The third-order valence-corrected chi connectivity index (χ3v) is 6.39. The Labute approximate surface area is 244 Å². The molecule has 2 aliphatic heterocycles. The number of aryl methyl sites for hydroxylation is 1. The summed E-state index contributed by atoms with van der Waals surface area (Å²) in [6.07, 6.45) is -0.846. The number of benzene rings is 1. The average molecular weight is 631 g/mol. The molecule has 2 aliphatic rings. The van der Waals surface area contributed by atoms with Crippen molar-refractivity contribution in [2.45, 2.75) is 32.4 Å². The van der Waals surface area contributed by atoms with Gasteiger partial charge in [0.15, 0.2) is 0 Å². The minimum absolute atomic E-state index is 0.0578. The number of nitro groups is 1. The fourth-order valence-corrected chi connectivity index (χ4v) is 4.39. The monoisotopic (exact) mass is 630 g/mol. The zero-order valence-corrected chi connectivity index (χ0v) is 23.9. The number of nitrogens with zero attached hydrogens (tertiary/aromatic N) is 7. The first-order valence-corrected chi connectivity index (χ1v) is 14.7. The molecule has 0 aliphatic carbocycles. The molecule has 5 rings (SSSR count). The van der Waals surface area contributed by atoms with Gasteiger partial charge in [0.1, 0.15) is 18.6 Å². The lowest BCUT2D eigenvalue weighted by atomic mass is 10.2. The van der Waals surface area contributed by atoms with Crippen LogP contribution in [0, 0.1) is 17.0 Å². The lowest BCUT2D eigenvalue weighted by Crippen LogP contribution is -2.47. The van der Waals surface area contributed by atoms with Crippen LogP contribution in [0.4, 0.5) is 30.6 Å². The smallest absolute Gasteiger partial charge is 0.444 e. The van der Waals surface area contributed by atoms with Gasteiger partial charge in [0.2, 0.25) is 5.95 Å². The number of hydrogen-bond donors (Lipinski definition) is 2. The molecule has 0 radical (unpaired) electrons. The molecular weight excluding hydrogens is 601 g/mol. The summed E-state index contributed by atoms with van der Waals surface area (Å²) in [5.41, 5.74) is 2.58. The van der Waals surface area contributed by atoms with Crippen LogP contribution in [0.1, 0.15) is 11.3 Å². The predicted molar refractivity (Wildman–Crippen MR) is 147 cm³/mol. The van der Waals surface area contributed by atoms with Crippen LogP contribution in [0.25, 0.3) is 0 Å². The van der Waals surface area contributed by atoms with Crippen molar-refractivity contribution in [3.63, 3.8) is 0 Å². The van der Waals surface area contributed by atoms with Gasteiger partial charge in [-0.3, -0.25) is 9.12 Å². The zero-order chi connectivity index (χ0) is 31.4. The third kappa shape index (κ3) is 9.38. The van der Waals surface area contributed by atoms with E-state index in [0.717, 1.165) is 16.9 Å². The second-order valence-corrected chi connectivity index (χ2v) is 11.2. The summed E-state index contributed by atoms with van der Waals surface area (Å²) in [4.78, 5) is 27.6. The van der Waals surface area contributed by atoms with E-state index in [1.165, 1.54) is 18.3 Å². The highest BCUT2D eigenvalue weighted by molar-refractivity contribution is 7.85. The molecule has 43 heavy (non-hydrogen) atoms. The molecule has 3 aromatic rings. The second-order valence-electron chi connectivity index (χ2n) is 9.71. The summed E-state index contributed by atoms with van der Waals surface area (Å²) in [6.45, 7) is 5.92. The number of anilines is 2. The Balaban J connectivity index is 0.000000782. The molecule has 0 bridgehead atoms. The van der Waals surface area contributed by atoms with Gasteiger partial charge < -0.3 is 34.7 Å². The minimum Gasteiger partial charge on any atom is -0.444 e. The van der Waals surface area contributed by atoms with Gasteiger partial charge in [0.25, 0.3) is 10.1 Å². The van der Waals surface area contributed by atoms with Crippen LogP contribution < -0.4 is 24.6 Å². The van der Waals surface area contributed by atoms with Gasteiger partial charge in [-0.15, -0.1) is 13.2 Å². The summed E-state index contributed by atoms with van der Waals surface area (Å²) in [7, 11) is -3.67. The van der Waals surface area contributed by atoms with Crippen LogP contribution >= 0.6 is 0 Å². The molecule has 0 saturated carbocycles. The van der Waals surface area contributed by atoms with Gasteiger partial charge in [-0.25, -0.2) is 9.97 Å². The number of halogens is 3. The molecule has 0 amide bonds. The van der Waals surface area contributed by atoms with Crippen LogP contribution in [0.5, 0.6) is 11.8 Å². The lowest BCUT2D eigenvalue weighted by molar-refractivity contribution is -0.389. The van der Waals surface area contributed by atoms with Crippen LogP contribution in [0.2, 0.25) is 0 Å². The zero-order valence-electron chi connectivity index (χ0n) is 23.1. The van der Waals surface area contributed by atoms with Gasteiger partial charge in [0.05, 0.1) is 12.3 Å². The fourth-order valence-electron chi connectivity index (χ4n) is 4.39. The van der Waals surface area contributed by atoms with E-state index < -0.39 is 21.4 Å². The van der Waals surface area contributed by atoms with Crippen molar-refractivity contribution >= 4 is 27.6 Å². The number of hydrogen-bond acceptors (Lipinski definition) is 12. The summed E-state index contributed by atoms with van der Waals surface area (Å²) in [5.74, 6) is 0.135. The standard InChI is InChI=1S/C23H25F3N8O4.CH4O3S/c1-15-16(10-27-17-12-33-13-20(34(35)36)30-22(33)37-14-17)11-28-21(29-15)32-8-6-31(7-9-32)18-2-4-19(5-3-18)38-23(24,25)26;1-5(2,3)4/h2-5,11,13,17,27H,6-10,12,14H2,1H3;1H3,(H,2,3,4)/t17-;/m0./s1. The summed E-state index contributed by atoms with van der Waals surface area (Å²) >= 11 is 0. The van der Waals surface area contributed by atoms with E-state index in [0.29, 0.717) is 58.1 Å². The van der Waals surface area contributed by atoms with E-state index in [-0.39, 0.29) is 23.6 Å². The average Bonchev–Trinajstić information content (AvgIpc) is 3.35.